The third-order valence-corrected chi connectivity index (χ3v) is 5.82. The fraction of sp³-hybridized carbons (Fsp3) is 0.167. The number of carbonyl (C=O) groups is 1. The van der Waals surface area contributed by atoms with Crippen molar-refractivity contribution in [3.8, 4) is 17.1 Å². The molecule has 0 radical (unpaired) electrons. The molecule has 0 spiro atoms. The van der Waals surface area contributed by atoms with Gasteiger partial charge < -0.3 is 5.32 Å². The molecule has 9 heteroatoms. The average Bonchev–Trinajstić information content (AvgIpc) is 3.24. The fourth-order valence-corrected chi connectivity index (χ4v) is 4.10. The summed E-state index contributed by atoms with van der Waals surface area (Å²) in [5, 5.41) is 11.6. The fourth-order valence-electron chi connectivity index (χ4n) is 3.35. The first-order chi connectivity index (χ1) is 15.9. The van der Waals surface area contributed by atoms with Gasteiger partial charge in [0.25, 0.3) is 0 Å². The molecule has 0 atom stereocenters. The molecule has 0 unspecified atom stereocenters. The van der Waals surface area contributed by atoms with Gasteiger partial charge in [0, 0.05) is 24.0 Å². The van der Waals surface area contributed by atoms with Crippen molar-refractivity contribution in [2.45, 2.75) is 24.9 Å². The van der Waals surface area contributed by atoms with E-state index in [0.29, 0.717) is 11.0 Å². The molecule has 1 amide bonds. The average molecular weight is 466 g/mol. The van der Waals surface area contributed by atoms with E-state index in [1.165, 1.54) is 0 Å². The Labute approximate surface area is 194 Å². The van der Waals surface area contributed by atoms with Gasteiger partial charge in [0.1, 0.15) is 11.6 Å². The largest absolute Gasteiger partial charge is 0.323 e. The molecule has 0 aliphatic heterocycles. The van der Waals surface area contributed by atoms with Crippen molar-refractivity contribution in [1.29, 1.82) is 0 Å². The molecule has 1 N–H and O–H groups in total. The molecule has 4 aromatic rings. The number of para-hydroxylation sites is 1. The molecule has 2 aromatic heterocycles. The first-order valence-electron chi connectivity index (χ1n) is 10.3. The second kappa shape index (κ2) is 9.91. The van der Waals surface area contributed by atoms with Gasteiger partial charge in [-0.2, -0.15) is 0 Å². The molecule has 0 fully saturated rings. The Morgan fingerprint density at radius 1 is 1.09 bits per heavy atom. The molecule has 6 nitrogen and oxygen atoms in total. The third kappa shape index (κ3) is 5.09. The second-order valence-electron chi connectivity index (χ2n) is 7.56. The van der Waals surface area contributed by atoms with E-state index >= 15 is 0 Å². The van der Waals surface area contributed by atoms with Crippen LogP contribution in [0.25, 0.3) is 17.1 Å². The number of anilines is 1. The van der Waals surface area contributed by atoms with E-state index in [1.807, 2.05) is 41.0 Å². The zero-order valence-electron chi connectivity index (χ0n) is 18.0. The lowest BCUT2D eigenvalue weighted by Crippen LogP contribution is -2.16. The molecule has 0 saturated carbocycles. The maximum atomic E-state index is 13.9. The molecular formula is C24H21F2N5OS. The van der Waals surface area contributed by atoms with E-state index < -0.39 is 17.5 Å². The summed E-state index contributed by atoms with van der Waals surface area (Å²) in [4.78, 5) is 16.6. The number of halogens is 2. The normalized spacial score (nSPS) is 11.1. The number of benzene rings is 2. The maximum absolute atomic E-state index is 13.9. The molecule has 0 bridgehead atoms. The number of nitrogens with one attached hydrogen (secondary N) is 1. The van der Waals surface area contributed by atoms with Gasteiger partial charge in [-0.15, -0.1) is 10.2 Å². The summed E-state index contributed by atoms with van der Waals surface area (Å²) >= 11 is 1.16. The number of hydrogen-bond donors (Lipinski definition) is 1. The maximum Gasteiger partial charge on any atom is 0.234 e. The lowest BCUT2D eigenvalue weighted by molar-refractivity contribution is -0.113. The first-order valence-corrected chi connectivity index (χ1v) is 11.3. The lowest BCUT2D eigenvalue weighted by Gasteiger charge is -2.16. The van der Waals surface area contributed by atoms with Crippen LogP contribution < -0.4 is 5.32 Å². The number of hydrogen-bond acceptors (Lipinski definition) is 5. The quantitative estimate of drug-likeness (QED) is 0.367. The summed E-state index contributed by atoms with van der Waals surface area (Å²) in [6.07, 6.45) is 3.38. The van der Waals surface area contributed by atoms with Crippen molar-refractivity contribution in [2.75, 3.05) is 11.1 Å². The van der Waals surface area contributed by atoms with E-state index in [9.17, 15) is 13.6 Å². The highest BCUT2D eigenvalue weighted by Gasteiger charge is 2.20. The van der Waals surface area contributed by atoms with Crippen LogP contribution in [0.2, 0.25) is 0 Å². The van der Waals surface area contributed by atoms with Crippen LogP contribution in [0.15, 0.2) is 72.1 Å². The van der Waals surface area contributed by atoms with Gasteiger partial charge in [-0.05, 0) is 41.8 Å². The number of pyridine rings is 1. The molecule has 2 heterocycles. The van der Waals surface area contributed by atoms with E-state index in [1.54, 1.807) is 12.4 Å². The Hall–Kier alpha value is -3.59. The zero-order chi connectivity index (χ0) is 23.4. The van der Waals surface area contributed by atoms with Crippen LogP contribution in [0.5, 0.6) is 0 Å². The number of amides is 1. The first kappa shape index (κ1) is 22.6. The summed E-state index contributed by atoms with van der Waals surface area (Å²) < 4.78 is 29.2. The smallest absolute Gasteiger partial charge is 0.234 e. The molecule has 0 saturated heterocycles. The summed E-state index contributed by atoms with van der Waals surface area (Å²) in [5.74, 6) is -1.06. The van der Waals surface area contributed by atoms with E-state index in [4.69, 9.17) is 0 Å². The van der Waals surface area contributed by atoms with Crippen LogP contribution >= 0.6 is 11.8 Å². The number of aromatic nitrogens is 4. The number of nitrogens with zero attached hydrogens (tertiary/aromatic N) is 4. The molecule has 2 aromatic carbocycles. The van der Waals surface area contributed by atoms with Crippen LogP contribution in [0, 0.1) is 11.6 Å². The number of rotatable bonds is 7. The van der Waals surface area contributed by atoms with Crippen molar-refractivity contribution < 1.29 is 13.6 Å². The van der Waals surface area contributed by atoms with Crippen LogP contribution in [-0.4, -0.2) is 31.4 Å². The monoisotopic (exact) mass is 465 g/mol. The Morgan fingerprint density at radius 3 is 2.67 bits per heavy atom. The van der Waals surface area contributed by atoms with E-state index in [-0.39, 0.29) is 17.4 Å². The zero-order valence-corrected chi connectivity index (χ0v) is 18.8. The van der Waals surface area contributed by atoms with Crippen molar-refractivity contribution in [1.82, 2.24) is 19.7 Å². The molecule has 33 heavy (non-hydrogen) atoms. The van der Waals surface area contributed by atoms with E-state index in [2.05, 4.69) is 34.3 Å². The van der Waals surface area contributed by atoms with Crippen LogP contribution in [-0.2, 0) is 4.79 Å². The summed E-state index contributed by atoms with van der Waals surface area (Å²) in [5.41, 5.74) is 2.57. The predicted molar refractivity (Wildman–Crippen MR) is 124 cm³/mol. The third-order valence-electron chi connectivity index (χ3n) is 4.89. The van der Waals surface area contributed by atoms with Gasteiger partial charge >= 0.3 is 0 Å². The standard InChI is InChI=1S/C24H21F2N5OS/c1-15(2)18-7-3-4-8-21(18)31-23(16-6-5-11-27-13-16)29-30-24(31)33-14-22(32)28-20-12-17(25)9-10-19(20)26/h3-13,15H,14H2,1-2H3,(H,28,32). The minimum Gasteiger partial charge on any atom is -0.323 e. The van der Waals surface area contributed by atoms with Crippen molar-refractivity contribution in [3.05, 3.63) is 84.2 Å². The van der Waals surface area contributed by atoms with Gasteiger partial charge in [-0.3, -0.25) is 14.3 Å². The minimum atomic E-state index is -0.706. The van der Waals surface area contributed by atoms with Gasteiger partial charge in [0.15, 0.2) is 11.0 Å². The van der Waals surface area contributed by atoms with Gasteiger partial charge in [0.2, 0.25) is 5.91 Å². The molecular weight excluding hydrogens is 444 g/mol. The highest BCUT2D eigenvalue weighted by Crippen LogP contribution is 2.32. The van der Waals surface area contributed by atoms with Crippen LogP contribution in [0.3, 0.4) is 0 Å². The molecule has 0 aliphatic carbocycles. The summed E-state index contributed by atoms with van der Waals surface area (Å²) in [7, 11) is 0. The van der Waals surface area contributed by atoms with Gasteiger partial charge in [0.05, 0.1) is 17.1 Å². The topological polar surface area (TPSA) is 72.7 Å². The van der Waals surface area contributed by atoms with Crippen molar-refractivity contribution >= 4 is 23.4 Å². The highest BCUT2D eigenvalue weighted by atomic mass is 32.2. The Balaban J connectivity index is 1.66. The van der Waals surface area contributed by atoms with E-state index in [0.717, 1.165) is 46.8 Å². The summed E-state index contributed by atoms with van der Waals surface area (Å²) in [6.45, 7) is 4.20. The minimum absolute atomic E-state index is 0.0645. The molecule has 0 aliphatic rings. The Bertz CT molecular complexity index is 1280. The van der Waals surface area contributed by atoms with Crippen LogP contribution in [0.4, 0.5) is 14.5 Å². The highest BCUT2D eigenvalue weighted by molar-refractivity contribution is 7.99. The number of thioether (sulfide) groups is 1. The molecule has 168 valence electrons. The predicted octanol–water partition coefficient (Wildman–Crippen LogP) is 5.46. The van der Waals surface area contributed by atoms with Gasteiger partial charge in [-0.25, -0.2) is 8.78 Å². The van der Waals surface area contributed by atoms with Crippen LogP contribution in [0.1, 0.15) is 25.3 Å². The summed E-state index contributed by atoms with van der Waals surface area (Å²) in [6, 6.07) is 14.5. The Morgan fingerprint density at radius 2 is 1.91 bits per heavy atom. The number of carbonyl (C=O) groups excluding carboxylic acids is 1. The second-order valence-corrected chi connectivity index (χ2v) is 8.50. The Kier molecular flexibility index (Phi) is 6.79. The lowest BCUT2D eigenvalue weighted by atomic mass is 10.0. The van der Waals surface area contributed by atoms with Crippen molar-refractivity contribution in [3.63, 3.8) is 0 Å². The SMILES string of the molecule is CC(C)c1ccccc1-n1c(SCC(=O)Nc2cc(F)ccc2F)nnc1-c1cccnc1. The molecule has 4 rings (SSSR count). The van der Waals surface area contributed by atoms with Gasteiger partial charge in [-0.1, -0.05) is 43.8 Å². The van der Waals surface area contributed by atoms with Crippen molar-refractivity contribution in [2.24, 2.45) is 0 Å².